The molecule has 1 aromatic rings. The van der Waals surface area contributed by atoms with Gasteiger partial charge >= 0.3 is 6.18 Å². The summed E-state index contributed by atoms with van der Waals surface area (Å²) in [4.78, 5) is 13.3. The van der Waals surface area contributed by atoms with Gasteiger partial charge in [0, 0.05) is 5.56 Å². The molecule has 0 saturated heterocycles. The quantitative estimate of drug-likeness (QED) is 0.239. The van der Waals surface area contributed by atoms with Crippen LogP contribution in [0.3, 0.4) is 0 Å². The van der Waals surface area contributed by atoms with E-state index in [1.54, 1.807) is 0 Å². The number of carbonyl (C=O) groups excluding carboxylic acids is 1. The van der Waals surface area contributed by atoms with E-state index >= 15 is 0 Å². The molecule has 3 aliphatic carbocycles. The van der Waals surface area contributed by atoms with Gasteiger partial charge in [-0.25, -0.2) is 0 Å². The van der Waals surface area contributed by atoms with Crippen LogP contribution in [0.1, 0.15) is 129 Å². The number of alkyl halides is 3. The van der Waals surface area contributed by atoms with Crippen LogP contribution in [0, 0.1) is 23.2 Å². The summed E-state index contributed by atoms with van der Waals surface area (Å²) in [6.45, 7) is 24.3. The van der Waals surface area contributed by atoms with E-state index in [1.165, 1.54) is 43.4 Å². The topological polar surface area (TPSA) is 58.6 Å². The number of hydrogen-bond donors (Lipinski definition) is 2. The van der Waals surface area contributed by atoms with Crippen LogP contribution in [0.25, 0.3) is 0 Å². The lowest BCUT2D eigenvalue weighted by Crippen LogP contribution is -2.48. The first kappa shape index (κ1) is 39.6. The van der Waals surface area contributed by atoms with Crippen molar-refractivity contribution in [1.82, 2.24) is 5.32 Å². The number of aliphatic hydroxyl groups is 1. The maximum Gasteiger partial charge on any atom is 0.416 e. The van der Waals surface area contributed by atoms with Crippen LogP contribution in [0.15, 0.2) is 59.7 Å². The second-order valence-corrected chi connectivity index (χ2v) is 22.5. The minimum atomic E-state index is -4.46. The third-order valence-corrected chi connectivity index (χ3v) is 17.0. The Morgan fingerprint density at radius 1 is 1.12 bits per heavy atom. The number of carbonyl (C=O) groups is 1. The molecular formula is C41H62F3NO3Si. The van der Waals surface area contributed by atoms with Crippen molar-refractivity contribution in [3.8, 4) is 0 Å². The minimum Gasteiger partial charge on any atom is -0.414 e. The fourth-order valence-electron chi connectivity index (χ4n) is 8.62. The van der Waals surface area contributed by atoms with E-state index < -0.39 is 31.6 Å². The first-order valence-electron chi connectivity index (χ1n) is 18.5. The zero-order valence-corrected chi connectivity index (χ0v) is 32.5. The fourth-order valence-corrected chi connectivity index (χ4v) is 9.99. The van der Waals surface area contributed by atoms with Crippen LogP contribution in [-0.2, 0) is 10.6 Å². The zero-order chi connectivity index (χ0) is 36.6. The summed E-state index contributed by atoms with van der Waals surface area (Å²) in [5.74, 6) is 1.43. The predicted octanol–water partition coefficient (Wildman–Crippen LogP) is 11.2. The molecule has 1 amide bonds. The molecule has 8 heteroatoms. The van der Waals surface area contributed by atoms with Crippen molar-refractivity contribution in [3.63, 3.8) is 0 Å². The molecule has 274 valence electrons. The largest absolute Gasteiger partial charge is 0.416 e. The summed E-state index contributed by atoms with van der Waals surface area (Å²) in [6.07, 6.45) is 10.3. The molecule has 3 saturated carbocycles. The van der Waals surface area contributed by atoms with Gasteiger partial charge < -0.3 is 14.8 Å². The van der Waals surface area contributed by atoms with Crippen molar-refractivity contribution < 1.29 is 27.5 Å². The number of allylic oxidation sites excluding steroid dienone is 3. The Morgan fingerprint density at radius 3 is 2.37 bits per heavy atom. The number of nitrogens with one attached hydrogen (secondary N) is 1. The Hall–Kier alpha value is -2.16. The molecule has 6 atom stereocenters. The second kappa shape index (κ2) is 14.8. The molecule has 0 spiro atoms. The highest BCUT2D eigenvalue weighted by molar-refractivity contribution is 6.74. The van der Waals surface area contributed by atoms with E-state index in [0.29, 0.717) is 30.6 Å². The first-order valence-corrected chi connectivity index (χ1v) is 21.4. The maximum atomic E-state index is 13.3. The molecule has 0 aromatic heterocycles. The first-order chi connectivity index (χ1) is 22.5. The molecule has 1 unspecified atom stereocenters. The highest BCUT2D eigenvalue weighted by atomic mass is 28.4. The lowest BCUT2D eigenvalue weighted by Gasteiger charge is -2.44. The Morgan fingerprint density at radius 2 is 1.78 bits per heavy atom. The van der Waals surface area contributed by atoms with Crippen LogP contribution >= 0.6 is 0 Å². The average molecular weight is 702 g/mol. The number of hydrogen-bond acceptors (Lipinski definition) is 3. The summed E-state index contributed by atoms with van der Waals surface area (Å²) < 4.78 is 46.3. The van der Waals surface area contributed by atoms with Crippen molar-refractivity contribution in [2.75, 3.05) is 0 Å². The van der Waals surface area contributed by atoms with Gasteiger partial charge in [-0.05, 0) is 142 Å². The van der Waals surface area contributed by atoms with Gasteiger partial charge in [0.15, 0.2) is 8.32 Å². The fraction of sp³-hybridized carbons (Fsp3) is 0.683. The third-order valence-electron chi connectivity index (χ3n) is 12.5. The van der Waals surface area contributed by atoms with E-state index in [4.69, 9.17) is 4.43 Å². The number of amides is 1. The Balaban J connectivity index is 1.56. The molecule has 3 aliphatic rings. The Kier molecular flexibility index (Phi) is 12.0. The molecule has 4 rings (SSSR count). The molecule has 49 heavy (non-hydrogen) atoms. The van der Waals surface area contributed by atoms with Crippen LogP contribution in [0.4, 0.5) is 13.2 Å². The van der Waals surface area contributed by atoms with Gasteiger partial charge in [-0.2, -0.15) is 13.2 Å². The highest BCUT2D eigenvalue weighted by Crippen LogP contribution is 2.60. The van der Waals surface area contributed by atoms with Crippen LogP contribution in [0.2, 0.25) is 18.1 Å². The van der Waals surface area contributed by atoms with Crippen molar-refractivity contribution in [2.24, 2.45) is 23.2 Å². The molecule has 1 aromatic carbocycles. The van der Waals surface area contributed by atoms with Gasteiger partial charge in [0.25, 0.3) is 5.91 Å². The maximum absolute atomic E-state index is 13.3. The van der Waals surface area contributed by atoms with E-state index in [2.05, 4.69) is 71.8 Å². The van der Waals surface area contributed by atoms with Gasteiger partial charge in [0.05, 0.1) is 23.3 Å². The molecular weight excluding hydrogens is 640 g/mol. The Bertz CT molecular complexity index is 1400. The summed E-state index contributed by atoms with van der Waals surface area (Å²) >= 11 is 0. The molecule has 0 bridgehead atoms. The van der Waals surface area contributed by atoms with E-state index in [9.17, 15) is 23.1 Å². The smallest absolute Gasteiger partial charge is 0.414 e. The summed E-state index contributed by atoms with van der Waals surface area (Å²) in [7, 11) is -2.13. The molecule has 2 N–H and O–H groups in total. The number of halogens is 3. The summed E-state index contributed by atoms with van der Waals surface area (Å²) in [6, 6.07) is 3.98. The van der Waals surface area contributed by atoms with Gasteiger partial charge in [0.2, 0.25) is 0 Å². The highest BCUT2D eigenvalue weighted by Gasteiger charge is 2.50. The van der Waals surface area contributed by atoms with Crippen molar-refractivity contribution in [2.45, 2.75) is 155 Å². The zero-order valence-electron chi connectivity index (χ0n) is 31.5. The Labute approximate surface area is 295 Å². The summed E-state index contributed by atoms with van der Waals surface area (Å²) in [5.41, 5.74) is 2.49. The number of benzene rings is 1. The number of fused-ring (bicyclic) bond motifs is 1. The van der Waals surface area contributed by atoms with Crippen molar-refractivity contribution >= 4 is 14.2 Å². The second-order valence-electron chi connectivity index (χ2n) is 17.8. The van der Waals surface area contributed by atoms with Crippen molar-refractivity contribution in [1.29, 1.82) is 0 Å². The molecule has 3 fully saturated rings. The normalized spacial score (nSPS) is 29.3. The molecule has 4 nitrogen and oxygen atoms in total. The summed E-state index contributed by atoms with van der Waals surface area (Å²) in [5, 5.41) is 13.3. The monoisotopic (exact) mass is 701 g/mol. The van der Waals surface area contributed by atoms with E-state index in [1.807, 2.05) is 13.8 Å². The van der Waals surface area contributed by atoms with Gasteiger partial charge in [0.1, 0.15) is 0 Å². The third kappa shape index (κ3) is 9.59. The van der Waals surface area contributed by atoms with E-state index in [0.717, 1.165) is 49.0 Å². The van der Waals surface area contributed by atoms with E-state index in [-0.39, 0.29) is 28.2 Å². The van der Waals surface area contributed by atoms with Gasteiger partial charge in [-0.15, -0.1) is 0 Å². The molecule has 0 radical (unpaired) electrons. The minimum absolute atomic E-state index is 0.0172. The molecule has 0 aliphatic heterocycles. The standard InChI is InChI=1S/C41H62F3NO3Si/c1-27(13-11-23-39(6,7)47)34-21-22-35-29(14-12-24-40(34,35)8)15-16-31-25-33(48-49(9,10)38(3,4)5)26-36(28(31)2)45-37(46)30-17-19-32(20-18-30)41(42,43)44/h15-20,27,33-36,47H,2,11-14,21-26H2,1,3-10H3,(H,45,46)/b29-15+,31-16-/t27-,33?,34-,35+,36+,40-/m1/s1. The van der Waals surface area contributed by atoms with Crippen LogP contribution in [-0.4, -0.2) is 37.1 Å². The van der Waals surface area contributed by atoms with Crippen LogP contribution in [0.5, 0.6) is 0 Å². The molecule has 0 heterocycles. The lowest BCUT2D eigenvalue weighted by atomic mass is 9.60. The SMILES string of the molecule is C=C1/C(=C\C=C2/CCC[C@]3(C)[C@@H]([C@H](C)CCCC(C)(C)O)CC[C@@H]23)CC(O[Si](C)(C)C(C)(C)C)C[C@@H]1NC(=O)c1ccc(C(F)(F)F)cc1. The van der Waals surface area contributed by atoms with Gasteiger partial charge in [-0.1, -0.05) is 71.8 Å². The van der Waals surface area contributed by atoms with Crippen molar-refractivity contribution in [3.05, 3.63) is 70.8 Å². The van der Waals surface area contributed by atoms with Crippen LogP contribution < -0.4 is 5.32 Å². The van der Waals surface area contributed by atoms with Gasteiger partial charge in [-0.3, -0.25) is 4.79 Å². The average Bonchev–Trinajstić information content (AvgIpc) is 3.33. The lowest BCUT2D eigenvalue weighted by molar-refractivity contribution is -0.137. The number of rotatable bonds is 10. The predicted molar refractivity (Wildman–Crippen MR) is 197 cm³/mol.